The largest absolute Gasteiger partial charge is 0.315 e. The average molecular weight is 346 g/mol. The molecule has 6 nitrogen and oxygen atoms in total. The summed E-state index contributed by atoms with van der Waals surface area (Å²) in [6, 6.07) is 7.72. The maximum Gasteiger partial charge on any atom is 0.243 e. The fourth-order valence-electron chi connectivity index (χ4n) is 3.72. The first-order valence-electron chi connectivity index (χ1n) is 8.44. The topological polar surface area (TPSA) is 65.5 Å². The van der Waals surface area contributed by atoms with Crippen molar-refractivity contribution >= 4 is 20.8 Å². The van der Waals surface area contributed by atoms with Gasteiger partial charge < -0.3 is 5.32 Å². The first-order chi connectivity index (χ1) is 11.7. The molecule has 2 saturated heterocycles. The molecular weight excluding hydrogens is 324 g/mol. The Bertz CT molecular complexity index is 820. The quantitative estimate of drug-likeness (QED) is 0.895. The molecule has 0 saturated carbocycles. The molecule has 3 heterocycles. The Labute approximate surface area is 142 Å². The molecule has 0 spiro atoms. The number of sulfonamides is 1. The van der Waals surface area contributed by atoms with Crippen LogP contribution in [-0.4, -0.2) is 67.9 Å². The van der Waals surface area contributed by atoms with Crippen molar-refractivity contribution in [3.63, 3.8) is 0 Å². The molecule has 4 rings (SSSR count). The fourth-order valence-corrected chi connectivity index (χ4v) is 5.35. The minimum absolute atomic E-state index is 0.387. The van der Waals surface area contributed by atoms with Crippen LogP contribution in [-0.2, 0) is 10.0 Å². The maximum atomic E-state index is 13.1. The molecule has 0 radical (unpaired) electrons. The van der Waals surface area contributed by atoms with Crippen LogP contribution >= 0.6 is 0 Å². The van der Waals surface area contributed by atoms with Gasteiger partial charge in [-0.3, -0.25) is 9.88 Å². The molecule has 2 aliphatic heterocycles. The van der Waals surface area contributed by atoms with E-state index in [0.29, 0.717) is 24.0 Å². The number of nitrogens with one attached hydrogen (secondary N) is 1. The van der Waals surface area contributed by atoms with Gasteiger partial charge in [-0.2, -0.15) is 4.31 Å². The number of pyridine rings is 1. The molecule has 2 fully saturated rings. The lowest BCUT2D eigenvalue weighted by Crippen LogP contribution is -2.52. The number of piperazine rings is 1. The first kappa shape index (κ1) is 16.0. The van der Waals surface area contributed by atoms with Crippen LogP contribution < -0.4 is 5.32 Å². The second kappa shape index (κ2) is 6.40. The molecule has 1 N–H and O–H groups in total. The highest BCUT2D eigenvalue weighted by Gasteiger charge is 2.32. The highest BCUT2D eigenvalue weighted by molar-refractivity contribution is 7.89. The molecule has 128 valence electrons. The summed E-state index contributed by atoms with van der Waals surface area (Å²) in [5, 5.41) is 4.98. The van der Waals surface area contributed by atoms with E-state index in [1.165, 1.54) is 0 Å². The average Bonchev–Trinajstić information content (AvgIpc) is 3.16. The van der Waals surface area contributed by atoms with Crippen molar-refractivity contribution < 1.29 is 8.42 Å². The number of fused-ring (bicyclic) bond motifs is 1. The van der Waals surface area contributed by atoms with Gasteiger partial charge in [0.05, 0.1) is 4.90 Å². The van der Waals surface area contributed by atoms with Gasteiger partial charge in [-0.25, -0.2) is 8.42 Å². The van der Waals surface area contributed by atoms with E-state index in [1.54, 1.807) is 34.9 Å². The summed E-state index contributed by atoms with van der Waals surface area (Å²) < 4.78 is 27.8. The van der Waals surface area contributed by atoms with E-state index in [4.69, 9.17) is 0 Å². The van der Waals surface area contributed by atoms with Crippen LogP contribution in [0.2, 0.25) is 0 Å². The van der Waals surface area contributed by atoms with Gasteiger partial charge in [0.25, 0.3) is 0 Å². The van der Waals surface area contributed by atoms with E-state index in [0.717, 1.165) is 43.4 Å². The van der Waals surface area contributed by atoms with Gasteiger partial charge >= 0.3 is 0 Å². The van der Waals surface area contributed by atoms with Crippen molar-refractivity contribution in [3.05, 3.63) is 36.7 Å². The van der Waals surface area contributed by atoms with E-state index in [1.807, 2.05) is 6.07 Å². The third-order valence-corrected chi connectivity index (χ3v) is 7.04. The zero-order chi connectivity index (χ0) is 16.6. The van der Waals surface area contributed by atoms with Gasteiger partial charge in [0.15, 0.2) is 0 Å². The van der Waals surface area contributed by atoms with Gasteiger partial charge in [0, 0.05) is 61.9 Å². The highest BCUT2D eigenvalue weighted by atomic mass is 32.2. The molecule has 0 amide bonds. The summed E-state index contributed by atoms with van der Waals surface area (Å²) in [6.07, 6.45) is 4.51. The van der Waals surface area contributed by atoms with Gasteiger partial charge in [0.2, 0.25) is 10.0 Å². The Morgan fingerprint density at radius 3 is 2.71 bits per heavy atom. The summed E-state index contributed by atoms with van der Waals surface area (Å²) in [5.74, 6) is 0. The Morgan fingerprint density at radius 1 is 1.12 bits per heavy atom. The molecule has 7 heteroatoms. The maximum absolute atomic E-state index is 13.1. The monoisotopic (exact) mass is 346 g/mol. The van der Waals surface area contributed by atoms with Gasteiger partial charge in [-0.05, 0) is 25.1 Å². The molecule has 2 aliphatic rings. The van der Waals surface area contributed by atoms with Crippen LogP contribution in [0.15, 0.2) is 41.6 Å². The van der Waals surface area contributed by atoms with Crippen LogP contribution in [0.25, 0.3) is 10.8 Å². The minimum atomic E-state index is -3.47. The molecule has 0 bridgehead atoms. The third-order valence-electron chi connectivity index (χ3n) is 5.08. The summed E-state index contributed by atoms with van der Waals surface area (Å²) in [4.78, 5) is 6.88. The molecule has 1 unspecified atom stereocenters. The Hall–Kier alpha value is -1.54. The minimum Gasteiger partial charge on any atom is -0.315 e. The molecule has 1 atom stereocenters. The van der Waals surface area contributed by atoms with Crippen molar-refractivity contribution in [2.45, 2.75) is 17.4 Å². The summed E-state index contributed by atoms with van der Waals surface area (Å²) in [5.41, 5.74) is 0. The zero-order valence-electron chi connectivity index (χ0n) is 13.6. The van der Waals surface area contributed by atoms with Crippen molar-refractivity contribution in [3.8, 4) is 0 Å². The molecule has 0 aliphatic carbocycles. The molecule has 2 aromatic rings. The summed E-state index contributed by atoms with van der Waals surface area (Å²) >= 11 is 0. The lowest BCUT2D eigenvalue weighted by molar-refractivity contribution is 0.145. The normalized spacial score (nSPS) is 23.8. The Balaban J connectivity index is 1.57. The Kier molecular flexibility index (Phi) is 4.26. The smallest absolute Gasteiger partial charge is 0.243 e. The lowest BCUT2D eigenvalue weighted by Gasteiger charge is -2.37. The first-order valence-corrected chi connectivity index (χ1v) is 9.88. The second-order valence-electron chi connectivity index (χ2n) is 6.44. The molecule has 24 heavy (non-hydrogen) atoms. The highest BCUT2D eigenvalue weighted by Crippen LogP contribution is 2.26. The van der Waals surface area contributed by atoms with Crippen LogP contribution in [0.4, 0.5) is 0 Å². The van der Waals surface area contributed by atoms with E-state index in [9.17, 15) is 8.42 Å². The molecular formula is C17H22N4O2S. The number of hydrogen-bond donors (Lipinski definition) is 1. The number of aromatic nitrogens is 1. The van der Waals surface area contributed by atoms with Crippen LogP contribution in [0.1, 0.15) is 6.42 Å². The number of hydrogen-bond acceptors (Lipinski definition) is 5. The van der Waals surface area contributed by atoms with Crippen LogP contribution in [0.3, 0.4) is 0 Å². The second-order valence-corrected chi connectivity index (χ2v) is 8.35. The SMILES string of the molecule is O=S(=O)(c1cccc2cnccc12)N1CCN(C2CCNC2)CC1. The predicted octanol–water partition coefficient (Wildman–Crippen LogP) is 0.903. The van der Waals surface area contributed by atoms with Gasteiger partial charge in [-0.15, -0.1) is 0 Å². The summed E-state index contributed by atoms with van der Waals surface area (Å²) in [7, 11) is -3.47. The molecule has 1 aromatic heterocycles. The lowest BCUT2D eigenvalue weighted by atomic mass is 10.2. The van der Waals surface area contributed by atoms with E-state index >= 15 is 0 Å². The fraction of sp³-hybridized carbons (Fsp3) is 0.471. The van der Waals surface area contributed by atoms with Crippen LogP contribution in [0, 0.1) is 0 Å². The molecule has 1 aromatic carbocycles. The van der Waals surface area contributed by atoms with Crippen molar-refractivity contribution in [2.75, 3.05) is 39.3 Å². The number of nitrogens with zero attached hydrogens (tertiary/aromatic N) is 3. The zero-order valence-corrected chi connectivity index (χ0v) is 14.4. The third kappa shape index (κ3) is 2.82. The van der Waals surface area contributed by atoms with Crippen molar-refractivity contribution in [1.29, 1.82) is 0 Å². The van der Waals surface area contributed by atoms with Crippen molar-refractivity contribution in [1.82, 2.24) is 19.5 Å². The summed E-state index contributed by atoms with van der Waals surface area (Å²) in [6.45, 7) is 4.80. The van der Waals surface area contributed by atoms with Gasteiger partial charge in [0.1, 0.15) is 0 Å². The van der Waals surface area contributed by atoms with Gasteiger partial charge in [-0.1, -0.05) is 12.1 Å². The predicted molar refractivity (Wildman–Crippen MR) is 93.3 cm³/mol. The number of benzene rings is 1. The van der Waals surface area contributed by atoms with E-state index < -0.39 is 10.0 Å². The Morgan fingerprint density at radius 2 is 1.96 bits per heavy atom. The van der Waals surface area contributed by atoms with E-state index in [-0.39, 0.29) is 0 Å². The van der Waals surface area contributed by atoms with E-state index in [2.05, 4.69) is 15.2 Å². The van der Waals surface area contributed by atoms with Crippen LogP contribution in [0.5, 0.6) is 0 Å². The van der Waals surface area contributed by atoms with Crippen molar-refractivity contribution in [2.24, 2.45) is 0 Å². The standard InChI is InChI=1S/C17H22N4O2S/c22-24(23,17-3-1-2-14-12-18-7-5-16(14)17)21-10-8-20(9-11-21)15-4-6-19-13-15/h1-3,5,7,12,15,19H,4,6,8-11,13H2. The number of rotatable bonds is 3.